The van der Waals surface area contributed by atoms with Gasteiger partial charge < -0.3 is 10.2 Å². The van der Waals surface area contributed by atoms with E-state index in [1.54, 1.807) is 0 Å². The average molecular weight is 289 g/mol. The summed E-state index contributed by atoms with van der Waals surface area (Å²) in [6, 6.07) is 0.931. The fourth-order valence-corrected chi connectivity index (χ4v) is 3.77. The van der Waals surface area contributed by atoms with Crippen molar-refractivity contribution < 1.29 is 4.79 Å². The number of amides is 1. The number of rotatable bonds is 3. The van der Waals surface area contributed by atoms with E-state index in [2.05, 4.69) is 37.9 Å². The van der Waals surface area contributed by atoms with E-state index in [0.717, 1.165) is 25.9 Å². The molecule has 1 amide bonds. The van der Waals surface area contributed by atoms with Crippen LogP contribution in [0.25, 0.3) is 0 Å². The molecule has 0 aromatic rings. The van der Waals surface area contributed by atoms with Crippen molar-refractivity contribution in [3.05, 3.63) is 0 Å². The summed E-state index contributed by atoms with van der Waals surface area (Å²) in [7, 11) is 0. The fraction of sp³-hybridized carbons (Fsp3) is 0.933. The van der Waals surface area contributed by atoms with Crippen molar-refractivity contribution >= 4 is 18.3 Å². The number of nitrogens with one attached hydrogen (secondary N) is 1. The number of carbonyl (C=O) groups is 1. The molecule has 4 heteroatoms. The molecular formula is C15H29ClN2O. The van der Waals surface area contributed by atoms with E-state index in [1.165, 1.54) is 12.8 Å². The van der Waals surface area contributed by atoms with Crippen LogP contribution in [0.3, 0.4) is 0 Å². The molecule has 2 unspecified atom stereocenters. The van der Waals surface area contributed by atoms with Crippen LogP contribution >= 0.6 is 12.4 Å². The molecule has 0 radical (unpaired) electrons. The van der Waals surface area contributed by atoms with E-state index in [-0.39, 0.29) is 17.8 Å². The van der Waals surface area contributed by atoms with Gasteiger partial charge in [-0.2, -0.15) is 0 Å². The quantitative estimate of drug-likeness (QED) is 0.866. The Morgan fingerprint density at radius 3 is 2.53 bits per heavy atom. The first-order valence-electron chi connectivity index (χ1n) is 7.45. The highest BCUT2D eigenvalue weighted by Crippen LogP contribution is 2.35. The Bertz CT molecular complexity index is 303. The molecule has 2 aliphatic rings. The highest BCUT2D eigenvalue weighted by molar-refractivity contribution is 5.85. The van der Waals surface area contributed by atoms with E-state index in [9.17, 15) is 4.79 Å². The van der Waals surface area contributed by atoms with Gasteiger partial charge in [0.25, 0.3) is 0 Å². The molecular weight excluding hydrogens is 260 g/mol. The van der Waals surface area contributed by atoms with Gasteiger partial charge in [0.05, 0.1) is 0 Å². The van der Waals surface area contributed by atoms with Crippen LogP contribution in [-0.2, 0) is 4.79 Å². The molecule has 2 aliphatic heterocycles. The molecule has 0 aromatic carbocycles. The molecule has 2 atom stereocenters. The Morgan fingerprint density at radius 1 is 1.26 bits per heavy atom. The average Bonchev–Trinajstić information content (AvgIpc) is 2.49. The molecule has 2 rings (SSSR count). The molecule has 0 spiro atoms. The molecule has 3 nitrogen and oxygen atoms in total. The monoisotopic (exact) mass is 288 g/mol. The van der Waals surface area contributed by atoms with Crippen LogP contribution in [0, 0.1) is 11.3 Å². The second-order valence-electron chi connectivity index (χ2n) is 7.07. The minimum absolute atomic E-state index is 0. The number of nitrogens with zero attached hydrogens (tertiary/aromatic N) is 1. The van der Waals surface area contributed by atoms with Gasteiger partial charge in [0.15, 0.2) is 0 Å². The predicted octanol–water partition coefficient (Wildman–Crippen LogP) is 2.83. The van der Waals surface area contributed by atoms with Crippen LogP contribution < -0.4 is 5.32 Å². The maximum Gasteiger partial charge on any atom is 0.228 e. The molecule has 112 valence electrons. The lowest BCUT2D eigenvalue weighted by molar-refractivity contribution is -0.144. The van der Waals surface area contributed by atoms with Gasteiger partial charge in [-0.1, -0.05) is 27.7 Å². The third-order valence-electron chi connectivity index (χ3n) is 4.39. The largest absolute Gasteiger partial charge is 0.335 e. The van der Waals surface area contributed by atoms with Gasteiger partial charge in [0, 0.05) is 24.0 Å². The number of hydrogen-bond donors (Lipinski definition) is 1. The van der Waals surface area contributed by atoms with Crippen LogP contribution in [0.4, 0.5) is 0 Å². The lowest BCUT2D eigenvalue weighted by atomic mass is 9.82. The van der Waals surface area contributed by atoms with Gasteiger partial charge in [0.2, 0.25) is 5.91 Å². The van der Waals surface area contributed by atoms with E-state index in [4.69, 9.17) is 0 Å². The van der Waals surface area contributed by atoms with E-state index in [0.29, 0.717) is 23.9 Å². The first kappa shape index (κ1) is 16.8. The van der Waals surface area contributed by atoms with Crippen LogP contribution in [0.15, 0.2) is 0 Å². The summed E-state index contributed by atoms with van der Waals surface area (Å²) in [5.74, 6) is 0.958. The first-order chi connectivity index (χ1) is 8.42. The normalized spacial score (nSPS) is 27.1. The molecule has 0 aliphatic carbocycles. The predicted molar refractivity (Wildman–Crippen MR) is 81.6 cm³/mol. The maximum absolute atomic E-state index is 12.9. The third kappa shape index (κ3) is 3.63. The summed E-state index contributed by atoms with van der Waals surface area (Å²) < 4.78 is 0. The molecule has 1 N–H and O–H groups in total. The zero-order valence-corrected chi connectivity index (χ0v) is 13.6. The third-order valence-corrected chi connectivity index (χ3v) is 4.39. The lowest BCUT2D eigenvalue weighted by Gasteiger charge is -2.36. The second-order valence-corrected chi connectivity index (χ2v) is 7.07. The maximum atomic E-state index is 12.9. The van der Waals surface area contributed by atoms with Gasteiger partial charge >= 0.3 is 0 Å². The summed E-state index contributed by atoms with van der Waals surface area (Å²) in [5.41, 5.74) is -0.209. The van der Waals surface area contributed by atoms with Gasteiger partial charge in [-0.25, -0.2) is 0 Å². The van der Waals surface area contributed by atoms with E-state index >= 15 is 0 Å². The Hall–Kier alpha value is -0.280. The minimum atomic E-state index is -0.209. The van der Waals surface area contributed by atoms with Crippen molar-refractivity contribution in [2.24, 2.45) is 11.3 Å². The van der Waals surface area contributed by atoms with Crippen LogP contribution in [0.2, 0.25) is 0 Å². The number of hydrogen-bond acceptors (Lipinski definition) is 2. The van der Waals surface area contributed by atoms with Crippen molar-refractivity contribution in [2.45, 2.75) is 65.5 Å². The van der Waals surface area contributed by atoms with E-state index in [1.807, 2.05) is 0 Å². The van der Waals surface area contributed by atoms with E-state index < -0.39 is 0 Å². The second kappa shape index (κ2) is 6.45. The Balaban J connectivity index is 0.00000180. The highest BCUT2D eigenvalue weighted by Gasteiger charge is 2.43. The zero-order valence-electron chi connectivity index (χ0n) is 12.7. The molecule has 19 heavy (non-hydrogen) atoms. The number of fused-ring (bicyclic) bond motifs is 2. The van der Waals surface area contributed by atoms with Crippen LogP contribution in [0.5, 0.6) is 0 Å². The standard InChI is InChI=1S/C15H28N2O.ClH/c1-11(2)9-15(3,4)14(18)17-12-5-6-13(17)10-16-8-7-12;/h11-13,16H,5-10H2,1-4H3;1H. The smallest absolute Gasteiger partial charge is 0.228 e. The van der Waals surface area contributed by atoms with Crippen molar-refractivity contribution in [3.63, 3.8) is 0 Å². The Kier molecular flexibility index (Phi) is 5.69. The molecule has 0 saturated carbocycles. The lowest BCUT2D eigenvalue weighted by Crippen LogP contribution is -2.48. The zero-order chi connectivity index (χ0) is 13.3. The fourth-order valence-electron chi connectivity index (χ4n) is 3.77. The highest BCUT2D eigenvalue weighted by atomic mass is 35.5. The molecule has 2 bridgehead atoms. The summed E-state index contributed by atoms with van der Waals surface area (Å²) in [4.78, 5) is 15.1. The van der Waals surface area contributed by atoms with Crippen molar-refractivity contribution in [2.75, 3.05) is 13.1 Å². The molecule has 2 saturated heterocycles. The van der Waals surface area contributed by atoms with Gasteiger partial charge in [-0.05, 0) is 38.1 Å². The SMILES string of the molecule is CC(C)CC(C)(C)C(=O)N1C2CCNCC1CC2.Cl. The van der Waals surface area contributed by atoms with Crippen molar-refractivity contribution in [1.82, 2.24) is 10.2 Å². The van der Waals surface area contributed by atoms with Gasteiger partial charge in [-0.15, -0.1) is 12.4 Å². The summed E-state index contributed by atoms with van der Waals surface area (Å²) in [6.45, 7) is 10.7. The van der Waals surface area contributed by atoms with Gasteiger partial charge in [0.1, 0.15) is 0 Å². The summed E-state index contributed by atoms with van der Waals surface area (Å²) in [6.07, 6.45) is 4.49. The number of carbonyl (C=O) groups excluding carboxylic acids is 1. The van der Waals surface area contributed by atoms with Crippen molar-refractivity contribution in [1.29, 1.82) is 0 Å². The Labute approximate surface area is 123 Å². The van der Waals surface area contributed by atoms with Crippen molar-refractivity contribution in [3.8, 4) is 0 Å². The summed E-state index contributed by atoms with van der Waals surface area (Å²) >= 11 is 0. The van der Waals surface area contributed by atoms with Crippen LogP contribution in [-0.4, -0.2) is 36.0 Å². The number of halogens is 1. The topological polar surface area (TPSA) is 32.3 Å². The molecule has 0 aromatic heterocycles. The first-order valence-corrected chi connectivity index (χ1v) is 7.45. The summed E-state index contributed by atoms with van der Waals surface area (Å²) in [5, 5.41) is 3.46. The molecule has 2 heterocycles. The minimum Gasteiger partial charge on any atom is -0.335 e. The molecule has 2 fully saturated rings. The van der Waals surface area contributed by atoms with Gasteiger partial charge in [-0.3, -0.25) is 4.79 Å². The Morgan fingerprint density at radius 2 is 1.89 bits per heavy atom. The van der Waals surface area contributed by atoms with Crippen LogP contribution in [0.1, 0.15) is 53.4 Å².